The van der Waals surface area contributed by atoms with Crippen LogP contribution in [0.5, 0.6) is 0 Å². The molecule has 0 amide bonds. The third-order valence-electron chi connectivity index (χ3n) is 3.76. The van der Waals surface area contributed by atoms with E-state index in [1.54, 1.807) is 0 Å². The highest BCUT2D eigenvalue weighted by Gasteiger charge is 2.12. The number of fused-ring (bicyclic) bond motifs is 2. The lowest BCUT2D eigenvalue weighted by atomic mass is 9.93. The second-order valence-electron chi connectivity index (χ2n) is 5.04. The van der Waals surface area contributed by atoms with Gasteiger partial charge in [0.1, 0.15) is 0 Å². The SMILES string of the molecule is C#CCNC(C)c1c2ccccc2cc2ccccc12. The maximum Gasteiger partial charge on any atom is 0.0578 e. The van der Waals surface area contributed by atoms with Crippen molar-refractivity contribution in [2.45, 2.75) is 13.0 Å². The summed E-state index contributed by atoms with van der Waals surface area (Å²) in [6.45, 7) is 2.75. The average molecular weight is 259 g/mol. The standard InChI is InChI=1S/C19H17N/c1-3-12-20-14(2)19-17-10-6-4-8-15(17)13-16-9-5-7-11-18(16)19/h1,4-11,13-14,20H,12H2,2H3. The summed E-state index contributed by atoms with van der Waals surface area (Å²) in [5, 5.41) is 8.53. The van der Waals surface area contributed by atoms with Gasteiger partial charge in [0.25, 0.3) is 0 Å². The largest absolute Gasteiger partial charge is 0.300 e. The second-order valence-corrected chi connectivity index (χ2v) is 5.04. The maximum absolute atomic E-state index is 5.37. The molecule has 0 aliphatic rings. The zero-order chi connectivity index (χ0) is 13.9. The summed E-state index contributed by atoms with van der Waals surface area (Å²) in [6, 6.07) is 19.5. The summed E-state index contributed by atoms with van der Waals surface area (Å²) < 4.78 is 0. The summed E-state index contributed by atoms with van der Waals surface area (Å²) in [5.41, 5.74) is 1.33. The van der Waals surface area contributed by atoms with Crippen LogP contribution in [-0.2, 0) is 0 Å². The zero-order valence-electron chi connectivity index (χ0n) is 11.6. The minimum atomic E-state index is 0.224. The van der Waals surface area contributed by atoms with Crippen LogP contribution in [0.15, 0.2) is 54.6 Å². The molecule has 1 atom stereocenters. The molecule has 3 aromatic rings. The lowest BCUT2D eigenvalue weighted by Gasteiger charge is -2.18. The highest BCUT2D eigenvalue weighted by molar-refractivity contribution is 6.02. The van der Waals surface area contributed by atoms with E-state index in [0.717, 1.165) is 0 Å². The predicted octanol–water partition coefficient (Wildman–Crippen LogP) is 4.28. The molecule has 0 radical (unpaired) electrons. The van der Waals surface area contributed by atoms with E-state index in [4.69, 9.17) is 6.42 Å². The van der Waals surface area contributed by atoms with Gasteiger partial charge in [0, 0.05) is 6.04 Å². The van der Waals surface area contributed by atoms with Crippen molar-refractivity contribution in [1.29, 1.82) is 0 Å². The highest BCUT2D eigenvalue weighted by Crippen LogP contribution is 2.32. The van der Waals surface area contributed by atoms with Crippen LogP contribution in [0.1, 0.15) is 18.5 Å². The molecule has 1 N–H and O–H groups in total. The van der Waals surface area contributed by atoms with Crippen molar-refractivity contribution in [2.24, 2.45) is 0 Å². The second kappa shape index (κ2) is 5.36. The van der Waals surface area contributed by atoms with E-state index in [-0.39, 0.29) is 6.04 Å². The molecule has 3 aromatic carbocycles. The first-order chi connectivity index (χ1) is 9.81. The molecule has 0 aliphatic heterocycles. The van der Waals surface area contributed by atoms with Crippen molar-refractivity contribution in [1.82, 2.24) is 5.32 Å². The van der Waals surface area contributed by atoms with Gasteiger partial charge < -0.3 is 0 Å². The number of hydrogen-bond acceptors (Lipinski definition) is 1. The minimum absolute atomic E-state index is 0.224. The Morgan fingerprint density at radius 3 is 2.10 bits per heavy atom. The lowest BCUT2D eigenvalue weighted by Crippen LogP contribution is -2.19. The van der Waals surface area contributed by atoms with Gasteiger partial charge in [-0.1, -0.05) is 54.5 Å². The molecule has 1 nitrogen and oxygen atoms in total. The third kappa shape index (κ3) is 2.15. The quantitative estimate of drug-likeness (QED) is 0.547. The normalized spacial score (nSPS) is 12.4. The molecule has 0 spiro atoms. The first kappa shape index (κ1) is 12.7. The van der Waals surface area contributed by atoms with E-state index in [2.05, 4.69) is 72.8 Å². The van der Waals surface area contributed by atoms with Crippen molar-refractivity contribution in [3.05, 3.63) is 60.2 Å². The minimum Gasteiger partial charge on any atom is -0.300 e. The summed E-state index contributed by atoms with van der Waals surface area (Å²) in [7, 11) is 0. The fourth-order valence-corrected chi connectivity index (χ4v) is 2.83. The van der Waals surface area contributed by atoms with Gasteiger partial charge in [-0.05, 0) is 40.1 Å². The summed E-state index contributed by atoms with van der Waals surface area (Å²) in [5.74, 6) is 2.65. The molecule has 3 rings (SSSR count). The monoisotopic (exact) mass is 259 g/mol. The molecule has 0 saturated carbocycles. The van der Waals surface area contributed by atoms with Gasteiger partial charge in [-0.2, -0.15) is 0 Å². The van der Waals surface area contributed by atoms with Crippen LogP contribution in [-0.4, -0.2) is 6.54 Å². The first-order valence-electron chi connectivity index (χ1n) is 6.88. The van der Waals surface area contributed by atoms with E-state index in [1.165, 1.54) is 27.1 Å². The number of hydrogen-bond donors (Lipinski definition) is 1. The first-order valence-corrected chi connectivity index (χ1v) is 6.88. The van der Waals surface area contributed by atoms with Crippen molar-refractivity contribution in [3.8, 4) is 12.3 Å². The zero-order valence-corrected chi connectivity index (χ0v) is 11.6. The van der Waals surface area contributed by atoms with Crippen LogP contribution in [0.3, 0.4) is 0 Å². The molecule has 0 bridgehead atoms. The Hall–Kier alpha value is -2.30. The van der Waals surface area contributed by atoms with E-state index in [9.17, 15) is 0 Å². The highest BCUT2D eigenvalue weighted by atomic mass is 14.9. The van der Waals surface area contributed by atoms with E-state index in [1.807, 2.05) is 0 Å². The molecule has 20 heavy (non-hydrogen) atoms. The molecule has 0 aliphatic carbocycles. The molecule has 1 heteroatoms. The van der Waals surface area contributed by atoms with Crippen LogP contribution >= 0.6 is 0 Å². The topological polar surface area (TPSA) is 12.0 Å². The average Bonchev–Trinajstić information content (AvgIpc) is 2.50. The van der Waals surface area contributed by atoms with Crippen molar-refractivity contribution < 1.29 is 0 Å². The molecule has 0 aromatic heterocycles. The van der Waals surface area contributed by atoms with Gasteiger partial charge in [-0.3, -0.25) is 5.32 Å². The number of benzene rings is 3. The Balaban J connectivity index is 2.31. The predicted molar refractivity (Wildman–Crippen MR) is 86.7 cm³/mol. The van der Waals surface area contributed by atoms with Gasteiger partial charge in [-0.25, -0.2) is 0 Å². The van der Waals surface area contributed by atoms with Crippen LogP contribution in [0.4, 0.5) is 0 Å². The van der Waals surface area contributed by atoms with Crippen molar-refractivity contribution in [2.75, 3.05) is 6.54 Å². The number of rotatable bonds is 3. The Morgan fingerprint density at radius 1 is 1.00 bits per heavy atom. The lowest BCUT2D eigenvalue weighted by molar-refractivity contribution is 0.631. The van der Waals surface area contributed by atoms with Crippen molar-refractivity contribution >= 4 is 21.5 Å². The third-order valence-corrected chi connectivity index (χ3v) is 3.76. The molecular weight excluding hydrogens is 242 g/mol. The van der Waals surface area contributed by atoms with Crippen LogP contribution < -0.4 is 5.32 Å². The van der Waals surface area contributed by atoms with Gasteiger partial charge in [0.15, 0.2) is 0 Å². The van der Waals surface area contributed by atoms with Crippen LogP contribution in [0.25, 0.3) is 21.5 Å². The fourth-order valence-electron chi connectivity index (χ4n) is 2.83. The summed E-state index contributed by atoms with van der Waals surface area (Å²) in [4.78, 5) is 0. The summed E-state index contributed by atoms with van der Waals surface area (Å²) in [6.07, 6.45) is 5.37. The van der Waals surface area contributed by atoms with Gasteiger partial charge in [-0.15, -0.1) is 6.42 Å². The molecular formula is C19H17N. The van der Waals surface area contributed by atoms with E-state index in [0.29, 0.717) is 6.54 Å². The Bertz CT molecular complexity index is 742. The van der Waals surface area contributed by atoms with Crippen LogP contribution in [0.2, 0.25) is 0 Å². The number of nitrogens with one attached hydrogen (secondary N) is 1. The van der Waals surface area contributed by atoms with Crippen molar-refractivity contribution in [3.63, 3.8) is 0 Å². The molecule has 98 valence electrons. The van der Waals surface area contributed by atoms with E-state index >= 15 is 0 Å². The van der Waals surface area contributed by atoms with Gasteiger partial charge in [0.2, 0.25) is 0 Å². The Kier molecular flexibility index (Phi) is 3.41. The maximum atomic E-state index is 5.37. The van der Waals surface area contributed by atoms with E-state index < -0.39 is 0 Å². The smallest absolute Gasteiger partial charge is 0.0578 e. The number of terminal acetylenes is 1. The van der Waals surface area contributed by atoms with Gasteiger partial charge >= 0.3 is 0 Å². The molecule has 0 heterocycles. The Morgan fingerprint density at radius 2 is 1.55 bits per heavy atom. The Labute approximate surface area is 119 Å². The summed E-state index contributed by atoms with van der Waals surface area (Å²) >= 11 is 0. The fraction of sp³-hybridized carbons (Fsp3) is 0.158. The van der Waals surface area contributed by atoms with Crippen LogP contribution in [0, 0.1) is 12.3 Å². The molecule has 0 saturated heterocycles. The molecule has 1 unspecified atom stereocenters. The van der Waals surface area contributed by atoms with Gasteiger partial charge in [0.05, 0.1) is 6.54 Å². The molecule has 0 fully saturated rings.